The van der Waals surface area contributed by atoms with E-state index in [1.54, 1.807) is 7.11 Å². The molecule has 0 saturated carbocycles. The molecule has 0 amide bonds. The van der Waals surface area contributed by atoms with Crippen LogP contribution in [0.5, 0.6) is 5.75 Å². The predicted molar refractivity (Wildman–Crippen MR) is 85.5 cm³/mol. The summed E-state index contributed by atoms with van der Waals surface area (Å²) in [6.45, 7) is 7.19. The van der Waals surface area contributed by atoms with E-state index < -0.39 is 0 Å². The average molecular weight is 287 g/mol. The molecule has 0 bridgehead atoms. The van der Waals surface area contributed by atoms with Crippen molar-refractivity contribution in [1.29, 1.82) is 0 Å². The fourth-order valence-electron chi connectivity index (χ4n) is 2.27. The molecule has 0 aliphatic heterocycles. The van der Waals surface area contributed by atoms with Crippen LogP contribution in [0.3, 0.4) is 0 Å². The highest BCUT2D eigenvalue weighted by Gasteiger charge is 2.01. The van der Waals surface area contributed by atoms with Crippen LogP contribution in [0.1, 0.15) is 25.0 Å². The summed E-state index contributed by atoms with van der Waals surface area (Å²) in [5.41, 5.74) is 2.53. The molecule has 4 heteroatoms. The zero-order valence-corrected chi connectivity index (χ0v) is 13.2. The number of benzene rings is 1. The standard InChI is InChI=1S/C17H25N3O/c1-14(2)12-20-13-16(11-19-20)10-18-8-7-15-5-4-6-17(9-15)21-3/h4-6,9,11,13-14,18H,7-8,10,12H2,1-3H3. The number of hydrogen-bond donors (Lipinski definition) is 1. The summed E-state index contributed by atoms with van der Waals surface area (Å²) < 4.78 is 7.25. The minimum atomic E-state index is 0.624. The molecule has 2 aromatic rings. The summed E-state index contributed by atoms with van der Waals surface area (Å²) in [5.74, 6) is 1.54. The van der Waals surface area contributed by atoms with Gasteiger partial charge >= 0.3 is 0 Å². The summed E-state index contributed by atoms with van der Waals surface area (Å²) in [5, 5.41) is 7.84. The van der Waals surface area contributed by atoms with Crippen LogP contribution in [0.4, 0.5) is 0 Å². The van der Waals surface area contributed by atoms with Crippen molar-refractivity contribution in [3.05, 3.63) is 47.8 Å². The fraction of sp³-hybridized carbons (Fsp3) is 0.471. The maximum Gasteiger partial charge on any atom is 0.119 e. The van der Waals surface area contributed by atoms with Gasteiger partial charge in [-0.2, -0.15) is 5.10 Å². The van der Waals surface area contributed by atoms with E-state index in [1.165, 1.54) is 11.1 Å². The lowest BCUT2D eigenvalue weighted by molar-refractivity contribution is 0.414. The van der Waals surface area contributed by atoms with Crippen LogP contribution in [0.2, 0.25) is 0 Å². The van der Waals surface area contributed by atoms with Crippen molar-refractivity contribution in [2.75, 3.05) is 13.7 Å². The van der Waals surface area contributed by atoms with E-state index in [2.05, 4.69) is 42.6 Å². The molecule has 1 N–H and O–H groups in total. The lowest BCUT2D eigenvalue weighted by Crippen LogP contribution is -2.16. The Hall–Kier alpha value is -1.81. The SMILES string of the molecule is COc1cccc(CCNCc2cnn(CC(C)C)c2)c1. The van der Waals surface area contributed by atoms with E-state index in [0.717, 1.165) is 31.8 Å². The third-order valence-corrected chi connectivity index (χ3v) is 3.29. The van der Waals surface area contributed by atoms with Gasteiger partial charge in [-0.15, -0.1) is 0 Å². The molecule has 1 aromatic heterocycles. The van der Waals surface area contributed by atoms with Crippen LogP contribution >= 0.6 is 0 Å². The summed E-state index contributed by atoms with van der Waals surface area (Å²) in [6.07, 6.45) is 5.07. The third kappa shape index (κ3) is 5.23. The molecule has 4 nitrogen and oxygen atoms in total. The molecule has 0 aliphatic rings. The molecule has 0 fully saturated rings. The Balaban J connectivity index is 1.73. The van der Waals surface area contributed by atoms with Gasteiger partial charge in [0.1, 0.15) is 5.75 Å². The van der Waals surface area contributed by atoms with Crippen molar-refractivity contribution in [3.8, 4) is 5.75 Å². The first-order valence-corrected chi connectivity index (χ1v) is 7.52. The lowest BCUT2D eigenvalue weighted by Gasteiger charge is -2.06. The second-order valence-electron chi connectivity index (χ2n) is 5.74. The van der Waals surface area contributed by atoms with Gasteiger partial charge in [-0.05, 0) is 36.6 Å². The number of ether oxygens (including phenoxy) is 1. The first-order valence-electron chi connectivity index (χ1n) is 7.52. The van der Waals surface area contributed by atoms with Gasteiger partial charge in [-0.25, -0.2) is 0 Å². The Bertz CT molecular complexity index is 548. The van der Waals surface area contributed by atoms with Gasteiger partial charge in [0.15, 0.2) is 0 Å². The second kappa shape index (κ2) is 7.84. The van der Waals surface area contributed by atoms with Gasteiger partial charge in [-0.1, -0.05) is 26.0 Å². The third-order valence-electron chi connectivity index (χ3n) is 3.29. The highest BCUT2D eigenvalue weighted by molar-refractivity contribution is 5.28. The minimum Gasteiger partial charge on any atom is -0.497 e. The number of hydrogen-bond acceptors (Lipinski definition) is 3. The van der Waals surface area contributed by atoms with Crippen LogP contribution < -0.4 is 10.1 Å². The molecule has 114 valence electrons. The van der Waals surface area contributed by atoms with Crippen molar-refractivity contribution in [2.24, 2.45) is 5.92 Å². The molecule has 0 aliphatic carbocycles. The second-order valence-corrected chi connectivity index (χ2v) is 5.74. The zero-order valence-electron chi connectivity index (χ0n) is 13.2. The average Bonchev–Trinajstić information content (AvgIpc) is 2.90. The van der Waals surface area contributed by atoms with Gasteiger partial charge in [0.2, 0.25) is 0 Å². The van der Waals surface area contributed by atoms with Crippen molar-refractivity contribution >= 4 is 0 Å². The maximum absolute atomic E-state index is 5.23. The van der Waals surface area contributed by atoms with Crippen molar-refractivity contribution in [1.82, 2.24) is 15.1 Å². The predicted octanol–water partition coefficient (Wildman–Crippen LogP) is 2.88. The Labute approximate surface area is 127 Å². The number of aromatic nitrogens is 2. The van der Waals surface area contributed by atoms with Crippen molar-refractivity contribution in [2.45, 2.75) is 33.4 Å². The minimum absolute atomic E-state index is 0.624. The van der Waals surface area contributed by atoms with Crippen LogP contribution in [0.15, 0.2) is 36.7 Å². The highest BCUT2D eigenvalue weighted by atomic mass is 16.5. The van der Waals surface area contributed by atoms with E-state index in [0.29, 0.717) is 5.92 Å². The van der Waals surface area contributed by atoms with Crippen molar-refractivity contribution in [3.63, 3.8) is 0 Å². The van der Waals surface area contributed by atoms with E-state index >= 15 is 0 Å². The monoisotopic (exact) mass is 287 g/mol. The van der Waals surface area contributed by atoms with Gasteiger partial charge in [-0.3, -0.25) is 4.68 Å². The largest absolute Gasteiger partial charge is 0.497 e. The topological polar surface area (TPSA) is 39.1 Å². The smallest absolute Gasteiger partial charge is 0.119 e. The number of methoxy groups -OCH3 is 1. The Morgan fingerprint density at radius 2 is 2.14 bits per heavy atom. The van der Waals surface area contributed by atoms with Gasteiger partial charge in [0, 0.05) is 24.8 Å². The number of nitrogens with zero attached hydrogens (tertiary/aromatic N) is 2. The van der Waals surface area contributed by atoms with Crippen LogP contribution in [0, 0.1) is 5.92 Å². The highest BCUT2D eigenvalue weighted by Crippen LogP contribution is 2.12. The van der Waals surface area contributed by atoms with Crippen molar-refractivity contribution < 1.29 is 4.74 Å². The molecular weight excluding hydrogens is 262 g/mol. The van der Waals surface area contributed by atoms with E-state index in [9.17, 15) is 0 Å². The van der Waals surface area contributed by atoms with Crippen LogP contribution in [-0.4, -0.2) is 23.4 Å². The van der Waals surface area contributed by atoms with E-state index in [1.807, 2.05) is 23.0 Å². The van der Waals surface area contributed by atoms with Gasteiger partial charge in [0.05, 0.1) is 13.3 Å². The first kappa shape index (κ1) is 15.6. The Kier molecular flexibility index (Phi) is 5.81. The molecule has 0 unspecified atom stereocenters. The Morgan fingerprint density at radius 1 is 1.29 bits per heavy atom. The molecule has 0 saturated heterocycles. The quantitative estimate of drug-likeness (QED) is 0.759. The molecule has 1 aromatic carbocycles. The van der Waals surface area contributed by atoms with Gasteiger partial charge in [0.25, 0.3) is 0 Å². The van der Waals surface area contributed by atoms with Gasteiger partial charge < -0.3 is 10.1 Å². The summed E-state index contributed by atoms with van der Waals surface area (Å²) >= 11 is 0. The molecule has 0 radical (unpaired) electrons. The summed E-state index contributed by atoms with van der Waals surface area (Å²) in [4.78, 5) is 0. The van der Waals surface area contributed by atoms with Crippen LogP contribution in [0.25, 0.3) is 0 Å². The fourth-order valence-corrected chi connectivity index (χ4v) is 2.27. The lowest BCUT2D eigenvalue weighted by atomic mass is 10.1. The van der Waals surface area contributed by atoms with E-state index in [-0.39, 0.29) is 0 Å². The molecule has 0 spiro atoms. The number of nitrogens with one attached hydrogen (secondary N) is 1. The normalized spacial score (nSPS) is 11.0. The zero-order chi connectivity index (χ0) is 15.1. The van der Waals surface area contributed by atoms with Crippen LogP contribution in [-0.2, 0) is 19.5 Å². The number of rotatable bonds is 8. The molecular formula is C17H25N3O. The molecule has 0 atom stereocenters. The summed E-state index contributed by atoms with van der Waals surface area (Å²) in [6, 6.07) is 8.22. The van der Waals surface area contributed by atoms with E-state index in [4.69, 9.17) is 4.74 Å². The summed E-state index contributed by atoms with van der Waals surface area (Å²) in [7, 11) is 1.70. The molecule has 2 rings (SSSR count). The molecule has 21 heavy (non-hydrogen) atoms. The first-order chi connectivity index (χ1) is 10.2. The Morgan fingerprint density at radius 3 is 2.90 bits per heavy atom. The molecule has 1 heterocycles. The maximum atomic E-state index is 5.23.